The van der Waals surface area contributed by atoms with Crippen LogP contribution in [0.4, 0.5) is 0 Å². The maximum absolute atomic E-state index is 12.1. The molecule has 1 atom stereocenters. The van der Waals surface area contributed by atoms with Gasteiger partial charge in [0.1, 0.15) is 5.01 Å². The van der Waals surface area contributed by atoms with Crippen molar-refractivity contribution in [3.63, 3.8) is 0 Å². The lowest BCUT2D eigenvalue weighted by Crippen LogP contribution is -2.34. The van der Waals surface area contributed by atoms with Gasteiger partial charge in [-0.25, -0.2) is 9.78 Å². The van der Waals surface area contributed by atoms with Gasteiger partial charge in [0.2, 0.25) is 5.91 Å². The number of carbonyl (C=O) groups excluding carboxylic acids is 2. The highest BCUT2D eigenvalue weighted by atomic mass is 32.1. The van der Waals surface area contributed by atoms with E-state index in [-0.39, 0.29) is 17.9 Å². The number of amides is 1. The van der Waals surface area contributed by atoms with Gasteiger partial charge in [-0.05, 0) is 37.1 Å². The lowest BCUT2D eigenvalue weighted by Gasteiger charge is -2.24. The molecule has 1 aliphatic heterocycles. The fourth-order valence-corrected chi connectivity index (χ4v) is 3.78. The first-order chi connectivity index (χ1) is 12.7. The third kappa shape index (κ3) is 4.68. The normalized spacial score (nSPS) is 16.9. The summed E-state index contributed by atoms with van der Waals surface area (Å²) in [5.74, 6) is -0.0978. The number of esters is 1. The number of nitrogens with one attached hydrogen (secondary N) is 1. The molecular weight excluding hydrogens is 350 g/mol. The summed E-state index contributed by atoms with van der Waals surface area (Å²) in [7, 11) is 1.38. The third-order valence-electron chi connectivity index (χ3n) is 4.60. The number of benzene rings is 1. The van der Waals surface area contributed by atoms with Crippen LogP contribution in [0, 0.1) is 0 Å². The molecule has 3 rings (SSSR count). The lowest BCUT2D eigenvalue weighted by atomic mass is 10.1. The highest BCUT2D eigenvalue weighted by Gasteiger charge is 2.30. The highest BCUT2D eigenvalue weighted by Crippen LogP contribution is 2.24. The van der Waals surface area contributed by atoms with Gasteiger partial charge in [-0.15, -0.1) is 11.3 Å². The third-order valence-corrected chi connectivity index (χ3v) is 5.36. The molecule has 7 heteroatoms. The van der Waals surface area contributed by atoms with Gasteiger partial charge in [0, 0.05) is 30.6 Å². The Bertz CT molecular complexity index is 731. The summed E-state index contributed by atoms with van der Waals surface area (Å²) >= 11 is 1.59. The Hall–Kier alpha value is -2.25. The number of ether oxygens (including phenoxy) is 1. The number of carbonyl (C=O) groups is 2. The zero-order valence-electron chi connectivity index (χ0n) is 14.8. The molecule has 2 aromatic rings. The molecule has 6 nitrogen and oxygen atoms in total. The zero-order valence-corrected chi connectivity index (χ0v) is 15.6. The van der Waals surface area contributed by atoms with Gasteiger partial charge in [0.25, 0.3) is 0 Å². The molecule has 1 aromatic heterocycles. The van der Waals surface area contributed by atoms with Crippen molar-refractivity contribution >= 4 is 23.2 Å². The topological polar surface area (TPSA) is 71.5 Å². The smallest absolute Gasteiger partial charge is 0.337 e. The van der Waals surface area contributed by atoms with Crippen LogP contribution in [-0.4, -0.2) is 41.5 Å². The minimum atomic E-state index is -0.323. The van der Waals surface area contributed by atoms with Gasteiger partial charge >= 0.3 is 5.97 Å². The SMILES string of the molecule is COC(=O)c1ccc(CNCC[C@H]2CCC(=O)N2Cc2nccs2)cc1. The second-order valence-electron chi connectivity index (χ2n) is 6.29. The van der Waals surface area contributed by atoms with E-state index in [1.54, 1.807) is 29.7 Å². The van der Waals surface area contributed by atoms with E-state index in [4.69, 9.17) is 4.74 Å². The quantitative estimate of drug-likeness (QED) is 0.569. The number of methoxy groups -OCH3 is 1. The lowest BCUT2D eigenvalue weighted by molar-refractivity contribution is -0.129. The summed E-state index contributed by atoms with van der Waals surface area (Å²) < 4.78 is 4.70. The Kier molecular flexibility index (Phi) is 6.35. The number of thiazole rings is 1. The Morgan fingerprint density at radius 2 is 2.19 bits per heavy atom. The molecule has 0 unspecified atom stereocenters. The van der Waals surface area contributed by atoms with E-state index in [0.29, 0.717) is 18.5 Å². The van der Waals surface area contributed by atoms with Crippen LogP contribution in [0.2, 0.25) is 0 Å². The highest BCUT2D eigenvalue weighted by molar-refractivity contribution is 7.09. The summed E-state index contributed by atoms with van der Waals surface area (Å²) in [4.78, 5) is 29.8. The van der Waals surface area contributed by atoms with Gasteiger partial charge in [0.05, 0.1) is 19.2 Å². The monoisotopic (exact) mass is 373 g/mol. The van der Waals surface area contributed by atoms with Crippen LogP contribution in [0.5, 0.6) is 0 Å². The summed E-state index contributed by atoms with van der Waals surface area (Å²) in [6.45, 7) is 2.19. The summed E-state index contributed by atoms with van der Waals surface area (Å²) in [5, 5.41) is 6.35. The molecular formula is C19H23N3O3S. The van der Waals surface area contributed by atoms with E-state index in [1.807, 2.05) is 22.4 Å². The molecule has 0 aliphatic carbocycles. The molecule has 0 saturated carbocycles. The van der Waals surface area contributed by atoms with Gasteiger partial charge < -0.3 is 15.0 Å². The van der Waals surface area contributed by atoms with Gasteiger partial charge in [-0.3, -0.25) is 4.79 Å². The molecule has 26 heavy (non-hydrogen) atoms. The zero-order chi connectivity index (χ0) is 18.4. The van der Waals surface area contributed by atoms with Crippen molar-refractivity contribution in [3.05, 3.63) is 52.0 Å². The average molecular weight is 373 g/mol. The van der Waals surface area contributed by atoms with E-state index in [1.165, 1.54) is 7.11 Å². The average Bonchev–Trinajstić information content (AvgIpc) is 3.30. The predicted octanol–water partition coefficient (Wildman–Crippen LogP) is 2.60. The van der Waals surface area contributed by atoms with Crippen molar-refractivity contribution in [2.24, 2.45) is 0 Å². The summed E-state index contributed by atoms with van der Waals surface area (Å²) in [5.41, 5.74) is 1.67. The Labute approximate surface area is 157 Å². The Balaban J connectivity index is 1.44. The van der Waals surface area contributed by atoms with Crippen LogP contribution in [0.1, 0.15) is 40.2 Å². The first-order valence-corrected chi connectivity index (χ1v) is 9.61. The maximum atomic E-state index is 12.1. The van der Waals surface area contributed by atoms with E-state index in [9.17, 15) is 9.59 Å². The van der Waals surface area contributed by atoms with Crippen molar-refractivity contribution in [2.45, 2.75) is 38.4 Å². The second-order valence-corrected chi connectivity index (χ2v) is 7.27. The first kappa shape index (κ1) is 18.5. The van der Waals surface area contributed by atoms with Gasteiger partial charge in [0.15, 0.2) is 0 Å². The predicted molar refractivity (Wildman–Crippen MR) is 99.8 cm³/mol. The minimum absolute atomic E-state index is 0.226. The first-order valence-electron chi connectivity index (χ1n) is 8.73. The van der Waals surface area contributed by atoms with Crippen LogP contribution in [-0.2, 0) is 22.6 Å². The van der Waals surface area contributed by atoms with Crippen molar-refractivity contribution in [1.29, 1.82) is 0 Å². The maximum Gasteiger partial charge on any atom is 0.337 e. The summed E-state index contributed by atoms with van der Waals surface area (Å²) in [6, 6.07) is 7.67. The number of hydrogen-bond donors (Lipinski definition) is 1. The molecule has 1 saturated heterocycles. The van der Waals surface area contributed by atoms with Crippen LogP contribution in [0.15, 0.2) is 35.8 Å². The number of nitrogens with zero attached hydrogens (tertiary/aromatic N) is 2. The molecule has 138 valence electrons. The fraction of sp³-hybridized carbons (Fsp3) is 0.421. The molecule has 0 radical (unpaired) electrons. The molecule has 0 bridgehead atoms. The van der Waals surface area contributed by atoms with Crippen molar-refractivity contribution in [2.75, 3.05) is 13.7 Å². The van der Waals surface area contributed by atoms with Crippen molar-refractivity contribution < 1.29 is 14.3 Å². The number of likely N-dealkylation sites (tertiary alicyclic amines) is 1. The van der Waals surface area contributed by atoms with Crippen LogP contribution < -0.4 is 5.32 Å². The van der Waals surface area contributed by atoms with Gasteiger partial charge in [-0.1, -0.05) is 12.1 Å². The number of aromatic nitrogens is 1. The summed E-state index contributed by atoms with van der Waals surface area (Å²) in [6.07, 6.45) is 4.25. The second kappa shape index (κ2) is 8.91. The number of rotatable bonds is 8. The number of hydrogen-bond acceptors (Lipinski definition) is 6. The Morgan fingerprint density at radius 1 is 1.38 bits per heavy atom. The molecule has 1 fully saturated rings. The molecule has 2 heterocycles. The van der Waals surface area contributed by atoms with E-state index < -0.39 is 0 Å². The standard InChI is InChI=1S/C19H23N3O3S/c1-25-19(24)15-4-2-14(3-5-15)12-20-9-8-16-6-7-18(23)22(16)13-17-21-10-11-26-17/h2-5,10-11,16,20H,6-9,12-13H2,1H3/t16-/m1/s1. The minimum Gasteiger partial charge on any atom is -0.465 e. The van der Waals surface area contributed by atoms with Crippen LogP contribution in [0.3, 0.4) is 0 Å². The van der Waals surface area contributed by atoms with Crippen molar-refractivity contribution in [3.8, 4) is 0 Å². The fourth-order valence-electron chi connectivity index (χ4n) is 3.17. The Morgan fingerprint density at radius 3 is 2.88 bits per heavy atom. The molecule has 1 aromatic carbocycles. The van der Waals surface area contributed by atoms with Gasteiger partial charge in [-0.2, -0.15) is 0 Å². The van der Waals surface area contributed by atoms with Crippen LogP contribution in [0.25, 0.3) is 0 Å². The van der Waals surface area contributed by atoms with E-state index in [2.05, 4.69) is 10.3 Å². The molecule has 0 spiro atoms. The molecule has 1 amide bonds. The molecule has 1 aliphatic rings. The molecule has 1 N–H and O–H groups in total. The van der Waals surface area contributed by atoms with E-state index >= 15 is 0 Å². The van der Waals surface area contributed by atoms with Crippen molar-refractivity contribution in [1.82, 2.24) is 15.2 Å². The van der Waals surface area contributed by atoms with E-state index in [0.717, 1.165) is 36.5 Å². The van der Waals surface area contributed by atoms with Crippen LogP contribution >= 0.6 is 11.3 Å². The largest absolute Gasteiger partial charge is 0.465 e.